The maximum atomic E-state index is 5.13. The molecule has 0 aliphatic heterocycles. The number of rotatable bonds is 2. The molecule has 0 amide bonds. The summed E-state index contributed by atoms with van der Waals surface area (Å²) < 4.78 is 4.93. The molecule has 0 spiro atoms. The van der Waals surface area contributed by atoms with Crippen molar-refractivity contribution in [3.8, 4) is 5.75 Å². The molecule has 1 rings (SSSR count). The van der Waals surface area contributed by atoms with Crippen LogP contribution in [0.5, 0.6) is 5.75 Å². The minimum absolute atomic E-state index is 0.546. The number of anilines is 1. The van der Waals surface area contributed by atoms with Gasteiger partial charge in [0.05, 0.1) is 7.11 Å². The standard InChI is InChI=1S/C6H9N3O/c1-10-5-3-2-4-8-6(5)9-7/h2-4H,7H2,1H3,(H,8,9). The molecule has 0 atom stereocenters. The number of aromatic nitrogens is 1. The van der Waals surface area contributed by atoms with E-state index in [0.29, 0.717) is 11.6 Å². The van der Waals surface area contributed by atoms with Crippen molar-refractivity contribution in [1.82, 2.24) is 4.98 Å². The van der Waals surface area contributed by atoms with Gasteiger partial charge in [0.2, 0.25) is 0 Å². The van der Waals surface area contributed by atoms with Gasteiger partial charge in [-0.2, -0.15) is 0 Å². The van der Waals surface area contributed by atoms with E-state index in [1.165, 1.54) is 0 Å². The highest BCUT2D eigenvalue weighted by Gasteiger charge is 1.97. The molecule has 0 saturated heterocycles. The summed E-state index contributed by atoms with van der Waals surface area (Å²) in [6.45, 7) is 0. The van der Waals surface area contributed by atoms with Crippen molar-refractivity contribution < 1.29 is 4.74 Å². The second-order valence-electron chi connectivity index (χ2n) is 1.70. The van der Waals surface area contributed by atoms with Crippen LogP contribution >= 0.6 is 0 Å². The van der Waals surface area contributed by atoms with Crippen LogP contribution in [0.25, 0.3) is 0 Å². The molecule has 3 N–H and O–H groups in total. The van der Waals surface area contributed by atoms with E-state index < -0.39 is 0 Å². The first-order valence-corrected chi connectivity index (χ1v) is 2.84. The van der Waals surface area contributed by atoms with E-state index in [4.69, 9.17) is 10.6 Å². The highest BCUT2D eigenvalue weighted by atomic mass is 16.5. The number of hydrogen-bond acceptors (Lipinski definition) is 4. The molecule has 0 aliphatic rings. The summed E-state index contributed by atoms with van der Waals surface area (Å²) >= 11 is 0. The molecule has 0 aliphatic carbocycles. The number of nitrogens with zero attached hydrogens (tertiary/aromatic N) is 1. The average molecular weight is 139 g/mol. The third kappa shape index (κ3) is 1.16. The molecule has 4 heteroatoms. The molecule has 1 aromatic rings. The van der Waals surface area contributed by atoms with Crippen molar-refractivity contribution in [2.75, 3.05) is 12.5 Å². The fraction of sp³-hybridized carbons (Fsp3) is 0.167. The second kappa shape index (κ2) is 3.03. The third-order valence-electron chi connectivity index (χ3n) is 1.13. The molecule has 0 unspecified atom stereocenters. The van der Waals surface area contributed by atoms with Crippen LogP contribution in [0.2, 0.25) is 0 Å². The molecule has 0 radical (unpaired) electrons. The molecule has 0 fully saturated rings. The van der Waals surface area contributed by atoms with E-state index in [-0.39, 0.29) is 0 Å². The zero-order chi connectivity index (χ0) is 7.40. The van der Waals surface area contributed by atoms with E-state index in [1.54, 1.807) is 25.4 Å². The van der Waals surface area contributed by atoms with Crippen molar-refractivity contribution >= 4 is 5.82 Å². The highest BCUT2D eigenvalue weighted by Crippen LogP contribution is 2.17. The van der Waals surface area contributed by atoms with Gasteiger partial charge >= 0.3 is 0 Å². The Labute approximate surface area is 59.0 Å². The normalized spacial score (nSPS) is 9.00. The second-order valence-corrected chi connectivity index (χ2v) is 1.70. The Kier molecular flexibility index (Phi) is 2.07. The monoisotopic (exact) mass is 139 g/mol. The summed E-state index contributed by atoms with van der Waals surface area (Å²) in [6, 6.07) is 3.56. The fourth-order valence-electron chi connectivity index (χ4n) is 0.664. The molecule has 4 nitrogen and oxygen atoms in total. The molecule has 0 aromatic carbocycles. The summed E-state index contributed by atoms with van der Waals surface area (Å²) in [5.74, 6) is 6.32. The lowest BCUT2D eigenvalue weighted by atomic mass is 10.4. The van der Waals surface area contributed by atoms with E-state index >= 15 is 0 Å². The van der Waals surface area contributed by atoms with Crippen LogP contribution in [-0.2, 0) is 0 Å². The minimum Gasteiger partial charge on any atom is -0.493 e. The first kappa shape index (κ1) is 6.82. The molecular weight excluding hydrogens is 130 g/mol. The number of methoxy groups -OCH3 is 1. The van der Waals surface area contributed by atoms with Crippen LogP contribution in [0.3, 0.4) is 0 Å². The van der Waals surface area contributed by atoms with Gasteiger partial charge in [0.15, 0.2) is 11.6 Å². The topological polar surface area (TPSA) is 60.2 Å². The van der Waals surface area contributed by atoms with Gasteiger partial charge in [0.25, 0.3) is 0 Å². The molecule has 0 bridgehead atoms. The summed E-state index contributed by atoms with van der Waals surface area (Å²) in [5, 5.41) is 0. The lowest BCUT2D eigenvalue weighted by molar-refractivity contribution is 0.415. The Balaban J connectivity index is 2.96. The van der Waals surface area contributed by atoms with Gasteiger partial charge in [0.1, 0.15) is 0 Å². The summed E-state index contributed by atoms with van der Waals surface area (Å²) in [5.41, 5.74) is 2.41. The predicted octanol–water partition coefficient (Wildman–Crippen LogP) is 0.376. The first-order chi connectivity index (χ1) is 4.88. The summed E-state index contributed by atoms with van der Waals surface area (Å²) in [6.07, 6.45) is 1.64. The van der Waals surface area contributed by atoms with Crippen molar-refractivity contribution in [1.29, 1.82) is 0 Å². The Morgan fingerprint density at radius 3 is 3.00 bits per heavy atom. The number of nitrogen functional groups attached to an aromatic ring is 1. The van der Waals surface area contributed by atoms with Gasteiger partial charge in [-0.25, -0.2) is 10.8 Å². The van der Waals surface area contributed by atoms with Crippen molar-refractivity contribution in [2.45, 2.75) is 0 Å². The van der Waals surface area contributed by atoms with Crippen LogP contribution in [0.15, 0.2) is 18.3 Å². The molecule has 0 saturated carbocycles. The largest absolute Gasteiger partial charge is 0.493 e. The van der Waals surface area contributed by atoms with E-state index in [0.717, 1.165) is 0 Å². The first-order valence-electron chi connectivity index (χ1n) is 2.84. The van der Waals surface area contributed by atoms with Gasteiger partial charge < -0.3 is 10.2 Å². The zero-order valence-electron chi connectivity index (χ0n) is 5.66. The van der Waals surface area contributed by atoms with Gasteiger partial charge in [-0.05, 0) is 12.1 Å². The summed E-state index contributed by atoms with van der Waals surface area (Å²) in [7, 11) is 1.57. The van der Waals surface area contributed by atoms with E-state index in [1.807, 2.05) is 0 Å². The Bertz CT molecular complexity index is 191. The van der Waals surface area contributed by atoms with Crippen LogP contribution in [-0.4, -0.2) is 12.1 Å². The van der Waals surface area contributed by atoms with Gasteiger partial charge in [-0.3, -0.25) is 0 Å². The molecule has 10 heavy (non-hydrogen) atoms. The number of nitrogens with one attached hydrogen (secondary N) is 1. The number of ether oxygens (including phenoxy) is 1. The van der Waals surface area contributed by atoms with Crippen LogP contribution < -0.4 is 16.0 Å². The highest BCUT2D eigenvalue weighted by molar-refractivity contribution is 5.47. The van der Waals surface area contributed by atoms with Gasteiger partial charge in [-0.1, -0.05) is 0 Å². The average Bonchev–Trinajstić information content (AvgIpc) is 2.04. The van der Waals surface area contributed by atoms with Crippen LogP contribution in [0, 0.1) is 0 Å². The molecular formula is C6H9N3O. The minimum atomic E-state index is 0.546. The Morgan fingerprint density at radius 2 is 2.50 bits per heavy atom. The van der Waals surface area contributed by atoms with Crippen molar-refractivity contribution in [3.63, 3.8) is 0 Å². The quantitative estimate of drug-likeness (QED) is 0.459. The lowest BCUT2D eigenvalue weighted by Gasteiger charge is -2.03. The van der Waals surface area contributed by atoms with Crippen molar-refractivity contribution in [3.05, 3.63) is 18.3 Å². The molecule has 54 valence electrons. The van der Waals surface area contributed by atoms with Crippen LogP contribution in [0.4, 0.5) is 5.82 Å². The maximum Gasteiger partial charge on any atom is 0.182 e. The van der Waals surface area contributed by atoms with E-state index in [2.05, 4.69) is 10.4 Å². The smallest absolute Gasteiger partial charge is 0.182 e. The number of hydrogen-bond donors (Lipinski definition) is 2. The molecule has 1 aromatic heterocycles. The van der Waals surface area contributed by atoms with Gasteiger partial charge in [-0.15, -0.1) is 0 Å². The lowest BCUT2D eigenvalue weighted by Crippen LogP contribution is -2.09. The maximum absolute atomic E-state index is 5.13. The molecule has 1 heterocycles. The fourth-order valence-corrected chi connectivity index (χ4v) is 0.664. The van der Waals surface area contributed by atoms with Gasteiger partial charge in [0, 0.05) is 6.20 Å². The number of hydrazine groups is 1. The van der Waals surface area contributed by atoms with Crippen LogP contribution in [0.1, 0.15) is 0 Å². The third-order valence-corrected chi connectivity index (χ3v) is 1.13. The Morgan fingerprint density at radius 1 is 1.70 bits per heavy atom. The van der Waals surface area contributed by atoms with Crippen molar-refractivity contribution in [2.24, 2.45) is 5.84 Å². The number of nitrogens with two attached hydrogens (primary N) is 1. The SMILES string of the molecule is COc1cccnc1NN. The predicted molar refractivity (Wildman–Crippen MR) is 38.6 cm³/mol. The number of pyridine rings is 1. The van der Waals surface area contributed by atoms with E-state index in [9.17, 15) is 0 Å². The zero-order valence-corrected chi connectivity index (χ0v) is 5.66. The Hall–Kier alpha value is -1.29. The summed E-state index contributed by atoms with van der Waals surface area (Å²) in [4.78, 5) is 3.91.